The normalized spacial score (nSPS) is 15.9. The van der Waals surface area contributed by atoms with Crippen molar-refractivity contribution in [3.63, 3.8) is 0 Å². The number of aromatic nitrogens is 1. The molecule has 1 aliphatic heterocycles. The zero-order valence-electron chi connectivity index (χ0n) is 16.8. The van der Waals surface area contributed by atoms with Crippen molar-refractivity contribution in [2.75, 3.05) is 26.2 Å². The topological polar surface area (TPSA) is 69.8 Å². The Balaban J connectivity index is 1.52. The second kappa shape index (κ2) is 9.00. The predicted octanol–water partition coefficient (Wildman–Crippen LogP) is 4.01. The van der Waals surface area contributed by atoms with Crippen LogP contribution in [-0.4, -0.2) is 52.1 Å². The number of piperazine rings is 1. The van der Waals surface area contributed by atoms with E-state index in [-0.39, 0.29) is 11.7 Å². The average Bonchev–Trinajstić information content (AvgIpc) is 3.20. The summed E-state index contributed by atoms with van der Waals surface area (Å²) in [6, 6.07) is 17.4. The van der Waals surface area contributed by atoms with E-state index in [9.17, 15) is 9.90 Å². The highest BCUT2D eigenvalue weighted by molar-refractivity contribution is 6.30. The number of aliphatic hydroxyl groups is 1. The minimum Gasteiger partial charge on any atom is -0.385 e. The number of aliphatic hydroxyl groups excluding tert-OH is 1. The molecule has 3 aromatic rings. The summed E-state index contributed by atoms with van der Waals surface area (Å²) < 4.78 is 5.36. The zero-order chi connectivity index (χ0) is 21.1. The zero-order valence-corrected chi connectivity index (χ0v) is 17.5. The Morgan fingerprint density at radius 2 is 1.77 bits per heavy atom. The van der Waals surface area contributed by atoms with E-state index in [2.05, 4.69) is 22.2 Å². The Hall–Kier alpha value is -2.67. The van der Waals surface area contributed by atoms with Crippen molar-refractivity contribution in [1.29, 1.82) is 0 Å². The van der Waals surface area contributed by atoms with Gasteiger partial charge < -0.3 is 14.5 Å². The molecule has 30 heavy (non-hydrogen) atoms. The second-order valence-electron chi connectivity index (χ2n) is 7.51. The summed E-state index contributed by atoms with van der Waals surface area (Å²) in [6.07, 6.45) is -0.933. The maximum atomic E-state index is 13.4. The molecule has 6 nitrogen and oxygen atoms in total. The van der Waals surface area contributed by atoms with Crippen molar-refractivity contribution in [3.8, 4) is 11.3 Å². The number of nitrogens with zero attached hydrogens (tertiary/aromatic N) is 3. The Morgan fingerprint density at radius 1 is 1.10 bits per heavy atom. The molecule has 0 spiro atoms. The van der Waals surface area contributed by atoms with Crippen LogP contribution in [0.3, 0.4) is 0 Å². The van der Waals surface area contributed by atoms with E-state index in [1.165, 1.54) is 5.56 Å². The van der Waals surface area contributed by atoms with E-state index in [0.29, 0.717) is 29.4 Å². The lowest BCUT2D eigenvalue weighted by Gasteiger charge is -2.34. The van der Waals surface area contributed by atoms with Crippen LogP contribution in [0, 0.1) is 0 Å². The molecule has 0 unspecified atom stereocenters. The Morgan fingerprint density at radius 3 is 2.40 bits per heavy atom. The van der Waals surface area contributed by atoms with Gasteiger partial charge in [-0.15, -0.1) is 0 Å². The smallest absolute Gasteiger partial charge is 0.259 e. The third-order valence-electron chi connectivity index (χ3n) is 5.34. The van der Waals surface area contributed by atoms with Crippen LogP contribution in [0.5, 0.6) is 0 Å². The van der Waals surface area contributed by atoms with Crippen molar-refractivity contribution in [2.45, 2.75) is 19.6 Å². The van der Waals surface area contributed by atoms with Gasteiger partial charge in [0, 0.05) is 43.3 Å². The minimum atomic E-state index is -0.933. The Kier molecular flexibility index (Phi) is 6.18. The summed E-state index contributed by atoms with van der Waals surface area (Å²) in [7, 11) is 0. The fraction of sp³-hybridized carbons (Fsp3) is 0.304. The summed E-state index contributed by atoms with van der Waals surface area (Å²) in [5.41, 5.74) is 2.74. The van der Waals surface area contributed by atoms with E-state index in [1.54, 1.807) is 36.1 Å². The first-order valence-corrected chi connectivity index (χ1v) is 10.4. The van der Waals surface area contributed by atoms with Crippen LogP contribution >= 0.6 is 11.6 Å². The lowest BCUT2D eigenvalue weighted by Crippen LogP contribution is -2.48. The fourth-order valence-corrected chi connectivity index (χ4v) is 3.83. The summed E-state index contributed by atoms with van der Waals surface area (Å²) in [5.74, 6) is 0.0214. The van der Waals surface area contributed by atoms with Gasteiger partial charge in [0.1, 0.15) is 17.4 Å². The van der Waals surface area contributed by atoms with E-state index in [4.69, 9.17) is 16.1 Å². The fourth-order valence-electron chi connectivity index (χ4n) is 3.71. The molecule has 1 N–H and O–H groups in total. The lowest BCUT2D eigenvalue weighted by molar-refractivity contribution is 0.0619. The van der Waals surface area contributed by atoms with Gasteiger partial charge in [-0.05, 0) is 24.6 Å². The third kappa shape index (κ3) is 4.41. The van der Waals surface area contributed by atoms with Gasteiger partial charge in [0.05, 0.1) is 0 Å². The molecule has 1 fully saturated rings. The van der Waals surface area contributed by atoms with Gasteiger partial charge in [0.2, 0.25) is 0 Å². The number of amides is 1. The number of halogens is 1. The summed E-state index contributed by atoms with van der Waals surface area (Å²) in [6.45, 7) is 5.22. The van der Waals surface area contributed by atoms with Crippen molar-refractivity contribution in [3.05, 3.63) is 76.5 Å². The van der Waals surface area contributed by atoms with Crippen LogP contribution in [0.25, 0.3) is 11.3 Å². The SMILES string of the molecule is C[C@H](O)c1onc(-c2ccc(Cl)cc2)c1C(=O)N1CCN(Cc2ccccc2)CC1. The molecule has 1 saturated heterocycles. The van der Waals surface area contributed by atoms with Crippen molar-refractivity contribution in [2.24, 2.45) is 0 Å². The number of benzene rings is 2. The summed E-state index contributed by atoms with van der Waals surface area (Å²) >= 11 is 5.99. The molecular weight excluding hydrogens is 402 g/mol. The highest BCUT2D eigenvalue weighted by Crippen LogP contribution is 2.31. The molecule has 0 bridgehead atoms. The van der Waals surface area contributed by atoms with E-state index in [1.807, 2.05) is 18.2 Å². The van der Waals surface area contributed by atoms with Gasteiger partial charge in [-0.25, -0.2) is 0 Å². The van der Waals surface area contributed by atoms with Crippen molar-refractivity contribution < 1.29 is 14.4 Å². The number of carbonyl (C=O) groups is 1. The monoisotopic (exact) mass is 425 g/mol. The van der Waals surface area contributed by atoms with Crippen molar-refractivity contribution >= 4 is 17.5 Å². The maximum absolute atomic E-state index is 13.4. The first-order chi connectivity index (χ1) is 14.5. The molecule has 1 amide bonds. The molecule has 0 aliphatic carbocycles. The van der Waals surface area contributed by atoms with Gasteiger partial charge in [0.15, 0.2) is 5.76 Å². The summed E-state index contributed by atoms with van der Waals surface area (Å²) in [5, 5.41) is 14.8. The quantitative estimate of drug-likeness (QED) is 0.668. The van der Waals surface area contributed by atoms with Crippen LogP contribution < -0.4 is 0 Å². The standard InChI is InChI=1S/C23H24ClN3O3/c1-16(28)22-20(21(25-30-22)18-7-9-19(24)10-8-18)23(29)27-13-11-26(12-14-27)15-17-5-3-2-4-6-17/h2-10,16,28H,11-15H2,1H3/t16-/m0/s1. The van der Waals surface area contributed by atoms with E-state index >= 15 is 0 Å². The van der Waals surface area contributed by atoms with Crippen LogP contribution in [0.15, 0.2) is 59.1 Å². The van der Waals surface area contributed by atoms with Crippen LogP contribution in [0.4, 0.5) is 0 Å². The lowest BCUT2D eigenvalue weighted by atomic mass is 10.0. The van der Waals surface area contributed by atoms with Gasteiger partial charge in [-0.2, -0.15) is 0 Å². The Bertz CT molecular complexity index is 994. The Labute approximate surface area is 180 Å². The molecule has 7 heteroatoms. The molecule has 156 valence electrons. The van der Waals surface area contributed by atoms with Gasteiger partial charge in [0.25, 0.3) is 5.91 Å². The third-order valence-corrected chi connectivity index (χ3v) is 5.59. The van der Waals surface area contributed by atoms with Gasteiger partial charge >= 0.3 is 0 Å². The van der Waals surface area contributed by atoms with Gasteiger partial charge in [-0.3, -0.25) is 9.69 Å². The van der Waals surface area contributed by atoms with E-state index in [0.717, 1.165) is 25.2 Å². The molecular formula is C23H24ClN3O3. The number of hydrogen-bond donors (Lipinski definition) is 1. The summed E-state index contributed by atoms with van der Waals surface area (Å²) in [4.78, 5) is 17.5. The first kappa shape index (κ1) is 20.6. The molecule has 4 rings (SSSR count). The average molecular weight is 426 g/mol. The second-order valence-corrected chi connectivity index (χ2v) is 7.94. The number of rotatable bonds is 5. The largest absolute Gasteiger partial charge is 0.385 e. The van der Waals surface area contributed by atoms with Crippen LogP contribution in [0.1, 0.15) is 34.7 Å². The predicted molar refractivity (Wildman–Crippen MR) is 115 cm³/mol. The molecule has 1 aliphatic rings. The maximum Gasteiger partial charge on any atom is 0.259 e. The molecule has 1 atom stereocenters. The van der Waals surface area contributed by atoms with Crippen molar-refractivity contribution in [1.82, 2.24) is 15.0 Å². The minimum absolute atomic E-state index is 0.170. The number of carbonyl (C=O) groups excluding carboxylic acids is 1. The number of hydrogen-bond acceptors (Lipinski definition) is 5. The highest BCUT2D eigenvalue weighted by atomic mass is 35.5. The molecule has 0 saturated carbocycles. The van der Waals surface area contributed by atoms with Crippen LogP contribution in [0.2, 0.25) is 5.02 Å². The molecule has 2 aromatic carbocycles. The molecule has 0 radical (unpaired) electrons. The highest BCUT2D eigenvalue weighted by Gasteiger charge is 2.31. The first-order valence-electron chi connectivity index (χ1n) is 10.0. The van der Waals surface area contributed by atoms with Crippen LogP contribution in [-0.2, 0) is 6.54 Å². The van der Waals surface area contributed by atoms with E-state index < -0.39 is 6.10 Å². The van der Waals surface area contributed by atoms with Gasteiger partial charge in [-0.1, -0.05) is 59.2 Å². The molecule has 1 aromatic heterocycles. The molecule has 2 heterocycles.